The van der Waals surface area contributed by atoms with Crippen molar-refractivity contribution in [3.8, 4) is 0 Å². The highest BCUT2D eigenvalue weighted by Crippen LogP contribution is 2.17. The van der Waals surface area contributed by atoms with E-state index in [0.717, 1.165) is 0 Å². The third-order valence-electron chi connectivity index (χ3n) is 1.58. The van der Waals surface area contributed by atoms with Crippen LogP contribution in [0.1, 0.15) is 5.76 Å². The molecule has 6 nitrogen and oxygen atoms in total. The minimum absolute atomic E-state index is 0.137. The summed E-state index contributed by atoms with van der Waals surface area (Å²) >= 11 is 0. The highest BCUT2D eigenvalue weighted by molar-refractivity contribution is 5.81. The minimum Gasteiger partial charge on any atom is -0.401 e. The molecule has 0 N–H and O–H groups in total. The Morgan fingerprint density at radius 3 is 2.87 bits per heavy atom. The molecule has 1 aromatic rings. The summed E-state index contributed by atoms with van der Waals surface area (Å²) in [5.41, 5.74) is 0.349. The first-order valence-electron chi connectivity index (χ1n) is 4.06. The molecule has 0 aliphatic heterocycles. The van der Waals surface area contributed by atoms with Crippen LogP contribution in [-0.4, -0.2) is 24.9 Å². The number of carbonyl (C=O) groups is 1. The van der Waals surface area contributed by atoms with Crippen molar-refractivity contribution in [3.05, 3.63) is 33.6 Å². The Balaban J connectivity index is 2.86. The maximum absolute atomic E-state index is 10.5. The summed E-state index contributed by atoms with van der Waals surface area (Å²) in [5.74, 6) is -0.107. The van der Waals surface area contributed by atoms with Gasteiger partial charge in [0.1, 0.15) is 17.0 Å². The first-order chi connectivity index (χ1) is 7.17. The first-order valence-corrected chi connectivity index (χ1v) is 4.06. The van der Waals surface area contributed by atoms with E-state index in [2.05, 4.69) is 0 Å². The largest absolute Gasteiger partial charge is 0.433 e. The minimum atomic E-state index is -0.645. The van der Waals surface area contributed by atoms with E-state index in [1.807, 2.05) is 0 Å². The lowest BCUT2D eigenvalue weighted by atomic mass is 10.2. The fourth-order valence-electron chi connectivity index (χ4n) is 0.977. The average molecular weight is 211 g/mol. The number of rotatable bonds is 5. The number of nitrogens with zero attached hydrogens (tertiary/aromatic N) is 1. The van der Waals surface area contributed by atoms with Crippen molar-refractivity contribution in [2.75, 3.05) is 13.7 Å². The monoisotopic (exact) mass is 211 g/mol. The van der Waals surface area contributed by atoms with Gasteiger partial charge in [-0.2, -0.15) is 0 Å². The Bertz CT molecular complexity index is 393. The average Bonchev–Trinajstić information content (AvgIpc) is 2.65. The summed E-state index contributed by atoms with van der Waals surface area (Å²) in [4.78, 5) is 20.2. The molecule has 0 bridgehead atoms. The summed E-state index contributed by atoms with van der Waals surface area (Å²) in [5, 5.41) is 10.3. The molecule has 0 saturated heterocycles. The number of methoxy groups -OCH3 is 1. The fraction of sp³-hybridized carbons (Fsp3) is 0.222. The van der Waals surface area contributed by atoms with Crippen molar-refractivity contribution < 1.29 is 18.9 Å². The van der Waals surface area contributed by atoms with E-state index in [0.29, 0.717) is 11.9 Å². The molecular formula is C9H9NO5. The molecule has 80 valence electrons. The maximum Gasteiger partial charge on any atom is 0.433 e. The molecule has 0 aromatic carbocycles. The molecule has 0 aliphatic carbocycles. The second kappa shape index (κ2) is 5.06. The quantitative estimate of drug-likeness (QED) is 0.318. The Kier molecular flexibility index (Phi) is 3.75. The lowest BCUT2D eigenvalue weighted by Gasteiger charge is -1.94. The van der Waals surface area contributed by atoms with Gasteiger partial charge in [-0.3, -0.25) is 14.9 Å². The third kappa shape index (κ3) is 3.03. The number of aldehydes is 1. The van der Waals surface area contributed by atoms with Gasteiger partial charge in [0.05, 0.1) is 12.7 Å². The highest BCUT2D eigenvalue weighted by atomic mass is 16.6. The molecule has 0 saturated carbocycles. The predicted octanol–water partition coefficient (Wildman–Crippen LogP) is 1.42. The number of nitro groups is 1. The summed E-state index contributed by atoms with van der Waals surface area (Å²) in [6.45, 7) is 0.137. The van der Waals surface area contributed by atoms with Crippen molar-refractivity contribution in [3.63, 3.8) is 0 Å². The molecule has 1 aromatic heterocycles. The molecule has 1 rings (SSSR count). The highest BCUT2D eigenvalue weighted by Gasteiger charge is 2.10. The standard InChI is InChI=1S/C9H9NO5/c1-14-6-7(5-11)4-8-2-3-9(15-8)10(12)13/h2-5H,6H2,1H3. The molecule has 6 heteroatoms. The molecule has 0 radical (unpaired) electrons. The Hall–Kier alpha value is -1.95. The van der Waals surface area contributed by atoms with Gasteiger partial charge in [-0.1, -0.05) is 0 Å². The van der Waals surface area contributed by atoms with Gasteiger partial charge in [0.25, 0.3) is 0 Å². The van der Waals surface area contributed by atoms with Crippen molar-refractivity contribution in [2.45, 2.75) is 0 Å². The number of hydrogen-bond donors (Lipinski definition) is 0. The van der Waals surface area contributed by atoms with Crippen molar-refractivity contribution in [1.82, 2.24) is 0 Å². The summed E-state index contributed by atoms with van der Waals surface area (Å²) in [7, 11) is 1.45. The molecule has 0 amide bonds. The van der Waals surface area contributed by atoms with Gasteiger partial charge in [-0.25, -0.2) is 0 Å². The second-order valence-corrected chi connectivity index (χ2v) is 2.70. The van der Waals surface area contributed by atoms with E-state index < -0.39 is 4.92 Å². The molecule has 0 unspecified atom stereocenters. The number of carbonyl (C=O) groups excluding carboxylic acids is 1. The molecule has 0 atom stereocenters. The Morgan fingerprint density at radius 2 is 2.40 bits per heavy atom. The SMILES string of the molecule is COCC(C=O)=Cc1ccc([N+](=O)[O-])o1. The van der Waals surface area contributed by atoms with Crippen LogP contribution in [-0.2, 0) is 9.53 Å². The van der Waals surface area contributed by atoms with E-state index in [9.17, 15) is 14.9 Å². The Morgan fingerprint density at radius 1 is 1.67 bits per heavy atom. The summed E-state index contributed by atoms with van der Waals surface area (Å²) < 4.78 is 9.58. The number of furan rings is 1. The third-order valence-corrected chi connectivity index (χ3v) is 1.58. The second-order valence-electron chi connectivity index (χ2n) is 2.70. The molecular weight excluding hydrogens is 202 g/mol. The maximum atomic E-state index is 10.5. The van der Waals surface area contributed by atoms with Crippen molar-refractivity contribution in [2.24, 2.45) is 0 Å². The number of hydrogen-bond acceptors (Lipinski definition) is 5. The normalized spacial score (nSPS) is 11.4. The summed E-state index contributed by atoms with van der Waals surface area (Å²) in [6, 6.07) is 2.64. The van der Waals surface area contributed by atoms with Crippen molar-refractivity contribution >= 4 is 18.2 Å². The van der Waals surface area contributed by atoms with Gasteiger partial charge in [0, 0.05) is 12.7 Å². The fourth-order valence-corrected chi connectivity index (χ4v) is 0.977. The van der Waals surface area contributed by atoms with Gasteiger partial charge in [-0.15, -0.1) is 0 Å². The molecule has 1 heterocycles. The van der Waals surface area contributed by atoms with E-state index in [-0.39, 0.29) is 18.3 Å². The van der Waals surface area contributed by atoms with Gasteiger partial charge in [-0.05, 0) is 12.1 Å². The van der Waals surface area contributed by atoms with Crippen LogP contribution in [0.15, 0.2) is 22.1 Å². The van der Waals surface area contributed by atoms with Crippen LogP contribution in [0.2, 0.25) is 0 Å². The van der Waals surface area contributed by atoms with Crippen molar-refractivity contribution in [1.29, 1.82) is 0 Å². The van der Waals surface area contributed by atoms with Crippen LogP contribution in [0.3, 0.4) is 0 Å². The van der Waals surface area contributed by atoms with Gasteiger partial charge < -0.3 is 9.15 Å². The number of ether oxygens (including phenoxy) is 1. The summed E-state index contributed by atoms with van der Waals surface area (Å²) in [6.07, 6.45) is 2.00. The zero-order chi connectivity index (χ0) is 11.3. The van der Waals surface area contributed by atoms with E-state index in [4.69, 9.17) is 9.15 Å². The topological polar surface area (TPSA) is 82.6 Å². The zero-order valence-corrected chi connectivity index (χ0v) is 8.00. The van der Waals surface area contributed by atoms with Crippen LogP contribution in [0, 0.1) is 10.1 Å². The first kappa shape index (κ1) is 11.1. The van der Waals surface area contributed by atoms with Crippen LogP contribution in [0.4, 0.5) is 5.88 Å². The zero-order valence-electron chi connectivity index (χ0n) is 8.00. The predicted molar refractivity (Wildman–Crippen MR) is 51.3 cm³/mol. The smallest absolute Gasteiger partial charge is 0.401 e. The van der Waals surface area contributed by atoms with Gasteiger partial charge in [0.2, 0.25) is 0 Å². The Labute approximate surface area is 85.3 Å². The molecule has 15 heavy (non-hydrogen) atoms. The van der Waals surface area contributed by atoms with Gasteiger partial charge in [0.15, 0.2) is 0 Å². The lowest BCUT2D eigenvalue weighted by Crippen LogP contribution is -1.94. The van der Waals surface area contributed by atoms with Crippen LogP contribution in [0.25, 0.3) is 6.08 Å². The molecule has 0 aliphatic rings. The molecule has 0 spiro atoms. The van der Waals surface area contributed by atoms with E-state index in [1.54, 1.807) is 0 Å². The van der Waals surface area contributed by atoms with Crippen LogP contribution in [0.5, 0.6) is 0 Å². The van der Waals surface area contributed by atoms with E-state index >= 15 is 0 Å². The van der Waals surface area contributed by atoms with Crippen LogP contribution < -0.4 is 0 Å². The lowest BCUT2D eigenvalue weighted by molar-refractivity contribution is -0.402. The van der Waals surface area contributed by atoms with E-state index in [1.165, 1.54) is 25.3 Å². The van der Waals surface area contributed by atoms with Gasteiger partial charge >= 0.3 is 5.88 Å². The van der Waals surface area contributed by atoms with Crippen LogP contribution >= 0.6 is 0 Å². The molecule has 0 fully saturated rings.